The zero-order valence-corrected chi connectivity index (χ0v) is 14.3. The SMILES string of the molecule is COc1ccc2c(c1)NC(c1ccccc1)CC(c1ccccc1)N2. The van der Waals surface area contributed by atoms with Crippen molar-refractivity contribution in [3.8, 4) is 5.75 Å². The zero-order chi connectivity index (χ0) is 17.1. The normalized spacial score (nSPS) is 19.1. The number of hydrogen-bond acceptors (Lipinski definition) is 3. The maximum atomic E-state index is 5.41. The summed E-state index contributed by atoms with van der Waals surface area (Å²) in [5, 5.41) is 7.42. The van der Waals surface area contributed by atoms with E-state index < -0.39 is 0 Å². The van der Waals surface area contributed by atoms with Gasteiger partial charge in [0.15, 0.2) is 0 Å². The minimum absolute atomic E-state index is 0.229. The van der Waals surface area contributed by atoms with Gasteiger partial charge in [-0.1, -0.05) is 60.7 Å². The number of ether oxygens (including phenoxy) is 1. The number of fused-ring (bicyclic) bond motifs is 1. The van der Waals surface area contributed by atoms with Gasteiger partial charge in [0.25, 0.3) is 0 Å². The van der Waals surface area contributed by atoms with Gasteiger partial charge in [0.05, 0.1) is 30.6 Å². The molecule has 126 valence electrons. The number of benzene rings is 3. The summed E-state index contributed by atoms with van der Waals surface area (Å²) in [6.45, 7) is 0. The monoisotopic (exact) mass is 330 g/mol. The van der Waals surface area contributed by atoms with E-state index in [1.807, 2.05) is 6.07 Å². The Morgan fingerprint density at radius 3 is 1.84 bits per heavy atom. The fourth-order valence-electron chi connectivity index (χ4n) is 3.43. The molecule has 3 aromatic carbocycles. The second-order valence-electron chi connectivity index (χ2n) is 6.36. The number of methoxy groups -OCH3 is 1. The van der Waals surface area contributed by atoms with Crippen molar-refractivity contribution in [3.63, 3.8) is 0 Å². The highest BCUT2D eigenvalue weighted by atomic mass is 16.5. The molecule has 0 fully saturated rings. The summed E-state index contributed by atoms with van der Waals surface area (Å²) in [7, 11) is 1.70. The van der Waals surface area contributed by atoms with Crippen molar-refractivity contribution < 1.29 is 4.74 Å². The molecule has 0 spiro atoms. The van der Waals surface area contributed by atoms with Gasteiger partial charge in [-0.3, -0.25) is 0 Å². The van der Waals surface area contributed by atoms with Crippen LogP contribution in [0, 0.1) is 0 Å². The Morgan fingerprint density at radius 1 is 0.720 bits per heavy atom. The van der Waals surface area contributed by atoms with Crippen molar-refractivity contribution in [2.24, 2.45) is 0 Å². The summed E-state index contributed by atoms with van der Waals surface area (Å²) in [6, 6.07) is 27.9. The maximum absolute atomic E-state index is 5.41. The molecular formula is C22H22N2O. The molecule has 1 aliphatic heterocycles. The number of rotatable bonds is 3. The average molecular weight is 330 g/mol. The number of nitrogens with one attached hydrogen (secondary N) is 2. The second-order valence-corrected chi connectivity index (χ2v) is 6.36. The lowest BCUT2D eigenvalue weighted by molar-refractivity contribution is 0.415. The van der Waals surface area contributed by atoms with Crippen molar-refractivity contribution in [2.45, 2.75) is 18.5 Å². The minimum Gasteiger partial charge on any atom is -0.497 e. The molecule has 0 aromatic heterocycles. The Kier molecular flexibility index (Phi) is 4.30. The van der Waals surface area contributed by atoms with Crippen molar-refractivity contribution in [1.82, 2.24) is 0 Å². The minimum atomic E-state index is 0.229. The van der Waals surface area contributed by atoms with Crippen LogP contribution in [0.3, 0.4) is 0 Å². The number of anilines is 2. The topological polar surface area (TPSA) is 33.3 Å². The molecule has 3 aromatic rings. The Balaban J connectivity index is 1.75. The van der Waals surface area contributed by atoms with Gasteiger partial charge >= 0.3 is 0 Å². The van der Waals surface area contributed by atoms with Crippen LogP contribution in [-0.4, -0.2) is 7.11 Å². The summed E-state index contributed by atoms with van der Waals surface area (Å²) in [5.74, 6) is 0.859. The van der Waals surface area contributed by atoms with Crippen molar-refractivity contribution in [3.05, 3.63) is 90.0 Å². The summed E-state index contributed by atoms with van der Waals surface area (Å²) in [4.78, 5) is 0. The molecule has 0 radical (unpaired) electrons. The lowest BCUT2D eigenvalue weighted by atomic mass is 9.95. The average Bonchev–Trinajstić information content (AvgIpc) is 2.88. The molecule has 4 rings (SSSR count). The van der Waals surface area contributed by atoms with E-state index in [9.17, 15) is 0 Å². The fourth-order valence-corrected chi connectivity index (χ4v) is 3.43. The lowest BCUT2D eigenvalue weighted by Gasteiger charge is -2.22. The molecule has 25 heavy (non-hydrogen) atoms. The third kappa shape index (κ3) is 3.31. The molecule has 0 saturated heterocycles. The van der Waals surface area contributed by atoms with E-state index in [0.29, 0.717) is 0 Å². The van der Waals surface area contributed by atoms with Crippen LogP contribution in [0.25, 0.3) is 0 Å². The maximum Gasteiger partial charge on any atom is 0.121 e. The van der Waals surface area contributed by atoms with E-state index in [0.717, 1.165) is 23.5 Å². The first-order valence-electron chi connectivity index (χ1n) is 8.64. The van der Waals surface area contributed by atoms with E-state index >= 15 is 0 Å². The molecule has 0 aliphatic carbocycles. The summed E-state index contributed by atoms with van der Waals surface area (Å²) >= 11 is 0. The first-order valence-corrected chi connectivity index (χ1v) is 8.64. The number of hydrogen-bond donors (Lipinski definition) is 2. The predicted octanol–water partition coefficient (Wildman–Crippen LogP) is 5.41. The quantitative estimate of drug-likeness (QED) is 0.674. The van der Waals surface area contributed by atoms with Crippen LogP contribution in [0.1, 0.15) is 29.6 Å². The van der Waals surface area contributed by atoms with Gasteiger partial charge in [-0.25, -0.2) is 0 Å². The molecule has 3 heteroatoms. The van der Waals surface area contributed by atoms with Gasteiger partial charge in [-0.05, 0) is 29.7 Å². The predicted molar refractivity (Wildman–Crippen MR) is 103 cm³/mol. The molecule has 2 N–H and O–H groups in total. The van der Waals surface area contributed by atoms with Crippen LogP contribution in [0.5, 0.6) is 5.75 Å². The molecule has 2 unspecified atom stereocenters. The van der Waals surface area contributed by atoms with Crippen LogP contribution in [0.4, 0.5) is 11.4 Å². The third-order valence-electron chi connectivity index (χ3n) is 4.76. The summed E-state index contributed by atoms with van der Waals surface area (Å²) < 4.78 is 5.41. The highest BCUT2D eigenvalue weighted by Crippen LogP contribution is 2.40. The highest BCUT2D eigenvalue weighted by Gasteiger charge is 2.25. The summed E-state index contributed by atoms with van der Waals surface area (Å²) in [5.41, 5.74) is 4.77. The van der Waals surface area contributed by atoms with E-state index in [1.165, 1.54) is 11.1 Å². The van der Waals surface area contributed by atoms with Crippen molar-refractivity contribution >= 4 is 11.4 Å². The van der Waals surface area contributed by atoms with Gasteiger partial charge in [-0.15, -0.1) is 0 Å². The molecule has 1 heterocycles. The standard InChI is InChI=1S/C22H22N2O/c1-25-18-12-13-19-22(14-18)24-21(17-10-6-3-7-11-17)15-20(23-19)16-8-4-2-5-9-16/h2-14,20-21,23-24H,15H2,1H3. The third-order valence-corrected chi connectivity index (χ3v) is 4.76. The lowest BCUT2D eigenvalue weighted by Crippen LogP contribution is -2.15. The largest absolute Gasteiger partial charge is 0.497 e. The first kappa shape index (κ1) is 15.6. The smallest absolute Gasteiger partial charge is 0.121 e. The molecule has 0 bridgehead atoms. The Hall–Kier alpha value is -2.94. The molecule has 1 aliphatic rings. The van der Waals surface area contributed by atoms with Crippen LogP contribution in [0.2, 0.25) is 0 Å². The fraction of sp³-hybridized carbons (Fsp3) is 0.182. The van der Waals surface area contributed by atoms with Gasteiger partial charge in [-0.2, -0.15) is 0 Å². The van der Waals surface area contributed by atoms with E-state index in [-0.39, 0.29) is 12.1 Å². The van der Waals surface area contributed by atoms with E-state index in [1.54, 1.807) is 7.11 Å². The molecule has 0 saturated carbocycles. The van der Waals surface area contributed by atoms with Crippen LogP contribution >= 0.6 is 0 Å². The first-order chi connectivity index (χ1) is 12.3. The molecule has 2 atom stereocenters. The van der Waals surface area contributed by atoms with Crippen molar-refractivity contribution in [1.29, 1.82) is 0 Å². The van der Waals surface area contributed by atoms with Gasteiger partial charge in [0, 0.05) is 6.07 Å². The molecule has 3 nitrogen and oxygen atoms in total. The highest BCUT2D eigenvalue weighted by molar-refractivity contribution is 5.73. The Morgan fingerprint density at radius 2 is 1.28 bits per heavy atom. The van der Waals surface area contributed by atoms with Crippen LogP contribution in [-0.2, 0) is 0 Å². The van der Waals surface area contributed by atoms with Crippen LogP contribution < -0.4 is 15.4 Å². The Bertz CT molecular complexity index is 833. The van der Waals surface area contributed by atoms with Gasteiger partial charge < -0.3 is 15.4 Å². The van der Waals surface area contributed by atoms with E-state index in [4.69, 9.17) is 4.74 Å². The zero-order valence-electron chi connectivity index (χ0n) is 14.3. The van der Waals surface area contributed by atoms with Gasteiger partial charge in [0.2, 0.25) is 0 Å². The van der Waals surface area contributed by atoms with Crippen molar-refractivity contribution in [2.75, 3.05) is 17.7 Å². The molecule has 0 amide bonds. The summed E-state index contributed by atoms with van der Waals surface area (Å²) in [6.07, 6.45) is 0.963. The van der Waals surface area contributed by atoms with Crippen LogP contribution in [0.15, 0.2) is 78.9 Å². The second kappa shape index (κ2) is 6.89. The van der Waals surface area contributed by atoms with Gasteiger partial charge in [0.1, 0.15) is 5.75 Å². The van der Waals surface area contributed by atoms with E-state index in [2.05, 4.69) is 83.4 Å². The Labute approximate surface area is 148 Å². The molecular weight excluding hydrogens is 308 g/mol.